The highest BCUT2D eigenvalue weighted by Gasteiger charge is 2.22. The molecule has 6 nitrogen and oxygen atoms in total. The molecule has 1 aromatic rings. The molecule has 0 atom stereocenters. The van der Waals surface area contributed by atoms with Crippen LogP contribution >= 0.6 is 0 Å². The molecule has 1 aliphatic heterocycles. The Hall–Kier alpha value is -2.08. The number of aryl methyl sites for hydroxylation is 2. The number of ether oxygens (including phenoxy) is 1. The zero-order valence-corrected chi connectivity index (χ0v) is 14.8. The van der Waals surface area contributed by atoms with Crippen molar-refractivity contribution in [2.75, 3.05) is 45.9 Å². The summed E-state index contributed by atoms with van der Waals surface area (Å²) < 4.78 is 5.66. The van der Waals surface area contributed by atoms with Crippen LogP contribution in [-0.2, 0) is 9.59 Å². The predicted molar refractivity (Wildman–Crippen MR) is 93.1 cm³/mol. The van der Waals surface area contributed by atoms with E-state index in [1.54, 1.807) is 4.90 Å². The molecule has 0 spiro atoms. The lowest BCUT2D eigenvalue weighted by Gasteiger charge is -2.34. The first-order valence-electron chi connectivity index (χ1n) is 8.46. The third-order valence-electron chi connectivity index (χ3n) is 4.15. The minimum absolute atomic E-state index is 0.00682. The summed E-state index contributed by atoms with van der Waals surface area (Å²) in [5, 5.41) is 2.79. The number of hydrogen-bond acceptors (Lipinski definition) is 4. The van der Waals surface area contributed by atoms with Crippen molar-refractivity contribution in [1.82, 2.24) is 15.1 Å². The second-order valence-corrected chi connectivity index (χ2v) is 6.17. The van der Waals surface area contributed by atoms with Crippen LogP contribution in [0.25, 0.3) is 0 Å². The highest BCUT2D eigenvalue weighted by Crippen LogP contribution is 2.18. The molecule has 0 aliphatic carbocycles. The zero-order valence-electron chi connectivity index (χ0n) is 14.8. The molecule has 2 amide bonds. The summed E-state index contributed by atoms with van der Waals surface area (Å²) in [7, 11) is 0. The van der Waals surface area contributed by atoms with Crippen LogP contribution in [-0.4, -0.2) is 67.5 Å². The van der Waals surface area contributed by atoms with Gasteiger partial charge < -0.3 is 15.0 Å². The third-order valence-corrected chi connectivity index (χ3v) is 4.15. The fourth-order valence-corrected chi connectivity index (χ4v) is 2.80. The van der Waals surface area contributed by atoms with Crippen molar-refractivity contribution in [2.24, 2.45) is 0 Å². The van der Waals surface area contributed by atoms with Crippen LogP contribution in [0.3, 0.4) is 0 Å². The second-order valence-electron chi connectivity index (χ2n) is 6.17. The van der Waals surface area contributed by atoms with Gasteiger partial charge in [-0.15, -0.1) is 0 Å². The Labute approximate surface area is 143 Å². The van der Waals surface area contributed by atoms with Crippen molar-refractivity contribution >= 4 is 11.8 Å². The Morgan fingerprint density at radius 1 is 1.17 bits per heavy atom. The van der Waals surface area contributed by atoms with Gasteiger partial charge in [0.25, 0.3) is 5.91 Å². The van der Waals surface area contributed by atoms with Crippen molar-refractivity contribution < 1.29 is 14.3 Å². The van der Waals surface area contributed by atoms with Crippen LogP contribution in [0, 0.1) is 13.8 Å². The topological polar surface area (TPSA) is 61.9 Å². The lowest BCUT2D eigenvalue weighted by Crippen LogP contribution is -2.52. The number of carbonyl (C=O) groups is 2. The molecule has 24 heavy (non-hydrogen) atoms. The molecule has 1 saturated heterocycles. The van der Waals surface area contributed by atoms with Crippen molar-refractivity contribution in [1.29, 1.82) is 0 Å². The van der Waals surface area contributed by atoms with E-state index in [-0.39, 0.29) is 18.4 Å². The minimum atomic E-state index is -0.00682. The fourth-order valence-electron chi connectivity index (χ4n) is 2.80. The maximum Gasteiger partial charge on any atom is 0.260 e. The normalized spacial score (nSPS) is 15.2. The molecule has 132 valence electrons. The van der Waals surface area contributed by atoms with E-state index in [2.05, 4.69) is 10.2 Å². The average molecular weight is 333 g/mol. The van der Waals surface area contributed by atoms with Crippen molar-refractivity contribution in [2.45, 2.75) is 20.8 Å². The van der Waals surface area contributed by atoms with Gasteiger partial charge >= 0.3 is 0 Å². The summed E-state index contributed by atoms with van der Waals surface area (Å²) in [6.07, 6.45) is 0. The number of hydrogen-bond donors (Lipinski definition) is 1. The lowest BCUT2D eigenvalue weighted by molar-refractivity contribution is -0.135. The molecule has 1 heterocycles. The Balaban J connectivity index is 1.75. The van der Waals surface area contributed by atoms with Crippen molar-refractivity contribution in [3.05, 3.63) is 29.3 Å². The van der Waals surface area contributed by atoms with Crippen LogP contribution in [0.2, 0.25) is 0 Å². The minimum Gasteiger partial charge on any atom is -0.484 e. The van der Waals surface area contributed by atoms with Crippen LogP contribution in [0.15, 0.2) is 18.2 Å². The third kappa shape index (κ3) is 5.23. The molecule has 1 fully saturated rings. The Morgan fingerprint density at radius 3 is 2.50 bits per heavy atom. The Morgan fingerprint density at radius 2 is 1.88 bits per heavy atom. The summed E-state index contributed by atoms with van der Waals surface area (Å²) in [4.78, 5) is 27.7. The van der Waals surface area contributed by atoms with Crippen molar-refractivity contribution in [3.63, 3.8) is 0 Å². The van der Waals surface area contributed by atoms with Gasteiger partial charge in [-0.25, -0.2) is 0 Å². The lowest BCUT2D eigenvalue weighted by atomic mass is 10.1. The van der Waals surface area contributed by atoms with Crippen molar-refractivity contribution in [3.8, 4) is 5.75 Å². The van der Waals surface area contributed by atoms with Crippen LogP contribution < -0.4 is 10.1 Å². The van der Waals surface area contributed by atoms with E-state index in [0.717, 1.165) is 11.3 Å². The summed E-state index contributed by atoms with van der Waals surface area (Å²) in [5.41, 5.74) is 2.21. The maximum absolute atomic E-state index is 12.3. The molecule has 6 heteroatoms. The van der Waals surface area contributed by atoms with E-state index in [0.29, 0.717) is 39.3 Å². The number of nitrogens with one attached hydrogen (secondary N) is 1. The number of likely N-dealkylation sites (N-methyl/N-ethyl adjacent to an activating group) is 1. The molecular formula is C18H27N3O3. The van der Waals surface area contributed by atoms with Gasteiger partial charge in [-0.1, -0.05) is 17.7 Å². The van der Waals surface area contributed by atoms with Gasteiger partial charge in [0.2, 0.25) is 5.91 Å². The van der Waals surface area contributed by atoms with Crippen LogP contribution in [0.5, 0.6) is 5.75 Å². The van der Waals surface area contributed by atoms with Gasteiger partial charge in [0, 0.05) is 32.7 Å². The van der Waals surface area contributed by atoms with Gasteiger partial charge in [-0.3, -0.25) is 14.5 Å². The van der Waals surface area contributed by atoms with Gasteiger partial charge in [0.05, 0.1) is 6.54 Å². The van der Waals surface area contributed by atoms with E-state index in [9.17, 15) is 9.59 Å². The maximum atomic E-state index is 12.3. The Bertz CT molecular complexity index is 581. The number of benzene rings is 1. The molecule has 1 N–H and O–H groups in total. The van der Waals surface area contributed by atoms with E-state index in [1.807, 2.05) is 39.0 Å². The number of rotatable bonds is 6. The molecule has 0 aromatic heterocycles. The molecule has 0 unspecified atom stereocenters. The van der Waals surface area contributed by atoms with E-state index in [4.69, 9.17) is 4.74 Å². The number of piperazine rings is 1. The molecule has 1 aliphatic rings. The summed E-state index contributed by atoms with van der Waals surface area (Å²) in [5.74, 6) is 0.784. The first kappa shape index (κ1) is 18.3. The quantitative estimate of drug-likeness (QED) is 0.842. The van der Waals surface area contributed by atoms with E-state index < -0.39 is 0 Å². The van der Waals surface area contributed by atoms with Gasteiger partial charge in [-0.05, 0) is 32.4 Å². The van der Waals surface area contributed by atoms with Gasteiger partial charge in [-0.2, -0.15) is 0 Å². The number of nitrogens with zero attached hydrogens (tertiary/aromatic N) is 2. The van der Waals surface area contributed by atoms with E-state index in [1.165, 1.54) is 5.56 Å². The standard InChI is InChI=1S/C18H27N3O3/c1-4-19-17(22)12-20-7-9-21(10-8-20)18(23)13-24-16-6-5-14(2)11-15(16)3/h5-6,11H,4,7-10,12-13H2,1-3H3,(H,19,22). The first-order chi connectivity index (χ1) is 11.5. The first-order valence-corrected chi connectivity index (χ1v) is 8.46. The second kappa shape index (κ2) is 8.68. The zero-order chi connectivity index (χ0) is 17.5. The molecule has 1 aromatic carbocycles. The molecule has 0 saturated carbocycles. The SMILES string of the molecule is CCNC(=O)CN1CCN(C(=O)COc2ccc(C)cc2C)CC1. The van der Waals surface area contributed by atoms with Crippen LogP contribution in [0.4, 0.5) is 0 Å². The fraction of sp³-hybridized carbons (Fsp3) is 0.556. The molecule has 0 radical (unpaired) electrons. The van der Waals surface area contributed by atoms with Gasteiger partial charge in [0.1, 0.15) is 5.75 Å². The summed E-state index contributed by atoms with van der Waals surface area (Å²) >= 11 is 0. The smallest absolute Gasteiger partial charge is 0.260 e. The predicted octanol–water partition coefficient (Wildman–Crippen LogP) is 0.963. The molecule has 0 bridgehead atoms. The largest absolute Gasteiger partial charge is 0.484 e. The summed E-state index contributed by atoms with van der Waals surface area (Å²) in [6.45, 7) is 9.71. The summed E-state index contributed by atoms with van der Waals surface area (Å²) in [6, 6.07) is 5.93. The monoisotopic (exact) mass is 333 g/mol. The number of amides is 2. The average Bonchev–Trinajstić information content (AvgIpc) is 2.54. The Kier molecular flexibility index (Phi) is 6.61. The molecule has 2 rings (SSSR count). The molecular weight excluding hydrogens is 306 g/mol. The number of carbonyl (C=O) groups excluding carboxylic acids is 2. The van der Waals surface area contributed by atoms with Crippen LogP contribution in [0.1, 0.15) is 18.1 Å². The van der Waals surface area contributed by atoms with E-state index >= 15 is 0 Å². The van der Waals surface area contributed by atoms with Gasteiger partial charge in [0.15, 0.2) is 6.61 Å². The highest BCUT2D eigenvalue weighted by atomic mass is 16.5. The highest BCUT2D eigenvalue weighted by molar-refractivity contribution is 5.79.